The quantitative estimate of drug-likeness (QED) is 0.866. The SMILES string of the molecule is COc1ccc(CC(N)Cc2cccnc2)cn1. The molecule has 18 heavy (non-hydrogen) atoms. The molecule has 0 saturated heterocycles. The van der Waals surface area contributed by atoms with E-state index in [0.717, 1.165) is 24.0 Å². The molecule has 0 spiro atoms. The number of hydrogen-bond acceptors (Lipinski definition) is 4. The molecule has 4 heteroatoms. The Morgan fingerprint density at radius 2 is 1.94 bits per heavy atom. The molecule has 2 heterocycles. The predicted molar refractivity (Wildman–Crippen MR) is 70.4 cm³/mol. The van der Waals surface area contributed by atoms with Crippen LogP contribution in [0.1, 0.15) is 11.1 Å². The van der Waals surface area contributed by atoms with E-state index in [4.69, 9.17) is 10.5 Å². The molecule has 0 aliphatic rings. The first kappa shape index (κ1) is 12.5. The van der Waals surface area contributed by atoms with Crippen molar-refractivity contribution in [3.63, 3.8) is 0 Å². The van der Waals surface area contributed by atoms with Crippen LogP contribution in [0.4, 0.5) is 0 Å². The zero-order valence-corrected chi connectivity index (χ0v) is 10.4. The lowest BCUT2D eigenvalue weighted by Crippen LogP contribution is -2.25. The third-order valence-corrected chi connectivity index (χ3v) is 2.73. The molecular weight excluding hydrogens is 226 g/mol. The molecule has 0 radical (unpaired) electrons. The average Bonchev–Trinajstić information content (AvgIpc) is 2.40. The molecule has 1 unspecified atom stereocenters. The second-order valence-electron chi connectivity index (χ2n) is 4.24. The zero-order valence-electron chi connectivity index (χ0n) is 10.4. The Morgan fingerprint density at radius 1 is 1.17 bits per heavy atom. The van der Waals surface area contributed by atoms with Gasteiger partial charge < -0.3 is 10.5 Å². The van der Waals surface area contributed by atoms with Gasteiger partial charge in [0.2, 0.25) is 5.88 Å². The fraction of sp³-hybridized carbons (Fsp3) is 0.286. The fourth-order valence-electron chi connectivity index (χ4n) is 1.85. The van der Waals surface area contributed by atoms with Crippen molar-refractivity contribution in [1.29, 1.82) is 0 Å². The molecular formula is C14H17N3O. The Labute approximate surface area is 107 Å². The van der Waals surface area contributed by atoms with E-state index in [2.05, 4.69) is 9.97 Å². The maximum atomic E-state index is 6.12. The lowest BCUT2D eigenvalue weighted by Gasteiger charge is -2.11. The van der Waals surface area contributed by atoms with Gasteiger partial charge in [-0.3, -0.25) is 4.98 Å². The van der Waals surface area contributed by atoms with Crippen LogP contribution in [0.5, 0.6) is 5.88 Å². The first-order valence-corrected chi connectivity index (χ1v) is 5.91. The number of ether oxygens (including phenoxy) is 1. The van der Waals surface area contributed by atoms with Crippen LogP contribution in [0.25, 0.3) is 0 Å². The van der Waals surface area contributed by atoms with Crippen molar-refractivity contribution in [3.8, 4) is 5.88 Å². The summed E-state index contributed by atoms with van der Waals surface area (Å²) in [5.41, 5.74) is 8.40. The highest BCUT2D eigenvalue weighted by atomic mass is 16.5. The normalized spacial score (nSPS) is 12.1. The molecule has 0 aliphatic carbocycles. The molecule has 2 N–H and O–H groups in total. The predicted octanol–water partition coefficient (Wildman–Crippen LogP) is 1.60. The van der Waals surface area contributed by atoms with Crippen LogP contribution in [-0.4, -0.2) is 23.1 Å². The van der Waals surface area contributed by atoms with Gasteiger partial charge in [0, 0.05) is 30.7 Å². The highest BCUT2D eigenvalue weighted by Crippen LogP contribution is 2.10. The summed E-state index contributed by atoms with van der Waals surface area (Å²) in [6, 6.07) is 7.89. The molecule has 94 valence electrons. The highest BCUT2D eigenvalue weighted by Gasteiger charge is 2.06. The summed E-state index contributed by atoms with van der Waals surface area (Å²) in [5, 5.41) is 0. The zero-order chi connectivity index (χ0) is 12.8. The molecule has 0 saturated carbocycles. The van der Waals surface area contributed by atoms with Gasteiger partial charge in [0.25, 0.3) is 0 Å². The van der Waals surface area contributed by atoms with E-state index < -0.39 is 0 Å². The van der Waals surface area contributed by atoms with E-state index in [1.807, 2.05) is 36.7 Å². The van der Waals surface area contributed by atoms with E-state index >= 15 is 0 Å². The summed E-state index contributed by atoms with van der Waals surface area (Å²) in [7, 11) is 1.61. The van der Waals surface area contributed by atoms with E-state index in [0.29, 0.717) is 5.88 Å². The van der Waals surface area contributed by atoms with Crippen molar-refractivity contribution in [3.05, 3.63) is 54.0 Å². The second kappa shape index (κ2) is 6.12. The minimum atomic E-state index is 0.0735. The van der Waals surface area contributed by atoms with Crippen molar-refractivity contribution in [2.75, 3.05) is 7.11 Å². The van der Waals surface area contributed by atoms with Crippen molar-refractivity contribution < 1.29 is 4.74 Å². The van der Waals surface area contributed by atoms with Gasteiger partial charge in [0.1, 0.15) is 0 Å². The number of aromatic nitrogens is 2. The Hall–Kier alpha value is -1.94. The summed E-state index contributed by atoms with van der Waals surface area (Å²) in [6.07, 6.45) is 7.04. The lowest BCUT2D eigenvalue weighted by molar-refractivity contribution is 0.397. The van der Waals surface area contributed by atoms with E-state index in [9.17, 15) is 0 Å². The van der Waals surface area contributed by atoms with Gasteiger partial charge in [-0.2, -0.15) is 0 Å². The third kappa shape index (κ3) is 3.53. The fourth-order valence-corrected chi connectivity index (χ4v) is 1.85. The molecule has 0 bridgehead atoms. The number of rotatable bonds is 5. The first-order valence-electron chi connectivity index (χ1n) is 5.91. The molecule has 2 aromatic rings. The van der Waals surface area contributed by atoms with Crippen LogP contribution in [0.2, 0.25) is 0 Å². The van der Waals surface area contributed by atoms with Gasteiger partial charge >= 0.3 is 0 Å². The van der Waals surface area contributed by atoms with Crippen LogP contribution in [0.3, 0.4) is 0 Å². The molecule has 0 aromatic carbocycles. The van der Waals surface area contributed by atoms with Gasteiger partial charge in [0.05, 0.1) is 7.11 Å². The average molecular weight is 243 g/mol. The van der Waals surface area contributed by atoms with Gasteiger partial charge in [-0.05, 0) is 30.0 Å². The van der Waals surface area contributed by atoms with Gasteiger partial charge in [-0.15, -0.1) is 0 Å². The van der Waals surface area contributed by atoms with Crippen molar-refractivity contribution in [2.24, 2.45) is 5.73 Å². The maximum Gasteiger partial charge on any atom is 0.212 e. The van der Waals surface area contributed by atoms with E-state index in [-0.39, 0.29) is 6.04 Å². The van der Waals surface area contributed by atoms with Crippen LogP contribution in [-0.2, 0) is 12.8 Å². The van der Waals surface area contributed by atoms with Gasteiger partial charge in [0.15, 0.2) is 0 Å². The second-order valence-corrected chi connectivity index (χ2v) is 4.24. The summed E-state index contributed by atoms with van der Waals surface area (Å²) in [4.78, 5) is 8.25. The van der Waals surface area contributed by atoms with Gasteiger partial charge in [-0.1, -0.05) is 12.1 Å². The molecule has 0 aliphatic heterocycles. The molecule has 0 fully saturated rings. The van der Waals surface area contributed by atoms with Crippen LogP contribution in [0, 0.1) is 0 Å². The van der Waals surface area contributed by atoms with Crippen LogP contribution >= 0.6 is 0 Å². The smallest absolute Gasteiger partial charge is 0.212 e. The highest BCUT2D eigenvalue weighted by molar-refractivity contribution is 5.19. The summed E-state index contributed by atoms with van der Waals surface area (Å²) in [6.45, 7) is 0. The number of methoxy groups -OCH3 is 1. The largest absolute Gasteiger partial charge is 0.481 e. The minimum absolute atomic E-state index is 0.0735. The summed E-state index contributed by atoms with van der Waals surface area (Å²) >= 11 is 0. The maximum absolute atomic E-state index is 6.12. The Kier molecular flexibility index (Phi) is 4.25. The topological polar surface area (TPSA) is 61.0 Å². The Balaban J connectivity index is 1.92. The van der Waals surface area contributed by atoms with E-state index in [1.54, 1.807) is 13.3 Å². The van der Waals surface area contributed by atoms with Crippen molar-refractivity contribution in [1.82, 2.24) is 9.97 Å². The first-order chi connectivity index (χ1) is 8.78. The molecule has 2 aromatic heterocycles. The van der Waals surface area contributed by atoms with Crippen LogP contribution < -0.4 is 10.5 Å². The minimum Gasteiger partial charge on any atom is -0.481 e. The van der Waals surface area contributed by atoms with Crippen molar-refractivity contribution >= 4 is 0 Å². The molecule has 1 atom stereocenters. The Morgan fingerprint density at radius 3 is 2.50 bits per heavy atom. The van der Waals surface area contributed by atoms with Crippen molar-refractivity contribution in [2.45, 2.75) is 18.9 Å². The summed E-state index contributed by atoms with van der Waals surface area (Å²) < 4.78 is 5.02. The third-order valence-electron chi connectivity index (χ3n) is 2.73. The molecule has 4 nitrogen and oxygen atoms in total. The van der Waals surface area contributed by atoms with Gasteiger partial charge in [-0.25, -0.2) is 4.98 Å². The van der Waals surface area contributed by atoms with Crippen LogP contribution in [0.15, 0.2) is 42.9 Å². The number of pyridine rings is 2. The lowest BCUT2D eigenvalue weighted by atomic mass is 10.0. The standard InChI is InChI=1S/C14H17N3O/c1-18-14-5-4-12(10-17-14)8-13(15)7-11-3-2-6-16-9-11/h2-6,9-10,13H,7-8,15H2,1H3. The number of nitrogens with two attached hydrogens (primary N) is 1. The Bertz CT molecular complexity index is 470. The number of nitrogens with zero attached hydrogens (tertiary/aromatic N) is 2. The monoisotopic (exact) mass is 243 g/mol. The molecule has 0 amide bonds. The van der Waals surface area contributed by atoms with E-state index in [1.165, 1.54) is 0 Å². The molecule has 2 rings (SSSR count). The summed E-state index contributed by atoms with van der Waals surface area (Å²) in [5.74, 6) is 0.625. The number of hydrogen-bond donors (Lipinski definition) is 1.